The lowest BCUT2D eigenvalue weighted by Gasteiger charge is -2.19. The molecule has 2 amide bonds. The highest BCUT2D eigenvalue weighted by atomic mass is 16.5. The molecule has 2 N–H and O–H groups in total. The number of alkyl carbamates (subject to hydrolysis) is 1. The molecule has 2 aromatic carbocycles. The molecule has 6 nitrogen and oxygen atoms in total. The zero-order valence-electron chi connectivity index (χ0n) is 17.2. The highest BCUT2D eigenvalue weighted by Crippen LogP contribution is 2.30. The molecule has 1 aliphatic heterocycles. The molecule has 1 aliphatic rings. The quantitative estimate of drug-likeness (QED) is 0.749. The van der Waals surface area contributed by atoms with Gasteiger partial charge in [0, 0.05) is 13.0 Å². The summed E-state index contributed by atoms with van der Waals surface area (Å²) in [4.78, 5) is 24.0. The lowest BCUT2D eigenvalue weighted by Crippen LogP contribution is -2.47. The molecular formula is C23H28N2O4. The van der Waals surface area contributed by atoms with Crippen LogP contribution in [0.2, 0.25) is 0 Å². The Morgan fingerprint density at radius 2 is 1.83 bits per heavy atom. The predicted molar refractivity (Wildman–Crippen MR) is 112 cm³/mol. The first-order valence-electron chi connectivity index (χ1n) is 9.93. The van der Waals surface area contributed by atoms with Crippen molar-refractivity contribution in [3.63, 3.8) is 0 Å². The van der Waals surface area contributed by atoms with Gasteiger partial charge in [-0.2, -0.15) is 0 Å². The van der Waals surface area contributed by atoms with Crippen molar-refractivity contribution >= 4 is 12.0 Å². The molecule has 0 radical (unpaired) electrons. The summed E-state index contributed by atoms with van der Waals surface area (Å²) in [5, 5.41) is 5.50. The van der Waals surface area contributed by atoms with Crippen LogP contribution in [0.1, 0.15) is 31.4 Å². The van der Waals surface area contributed by atoms with Gasteiger partial charge in [-0.25, -0.2) is 4.79 Å². The van der Waals surface area contributed by atoms with E-state index < -0.39 is 12.1 Å². The van der Waals surface area contributed by atoms with Crippen LogP contribution in [0.4, 0.5) is 4.79 Å². The van der Waals surface area contributed by atoms with Crippen molar-refractivity contribution in [2.75, 3.05) is 13.7 Å². The molecule has 1 atom stereocenters. The molecule has 29 heavy (non-hydrogen) atoms. The molecule has 3 rings (SSSR count). The van der Waals surface area contributed by atoms with Gasteiger partial charge in [0.1, 0.15) is 11.8 Å². The van der Waals surface area contributed by atoms with Gasteiger partial charge < -0.3 is 20.1 Å². The van der Waals surface area contributed by atoms with Crippen LogP contribution in [0, 0.1) is 5.92 Å². The minimum absolute atomic E-state index is 0.216. The number of rotatable bonds is 7. The molecule has 0 bridgehead atoms. The maximum Gasteiger partial charge on any atom is 0.407 e. The first kappa shape index (κ1) is 20.7. The van der Waals surface area contributed by atoms with Gasteiger partial charge >= 0.3 is 6.09 Å². The van der Waals surface area contributed by atoms with E-state index in [2.05, 4.69) is 39.6 Å². The zero-order chi connectivity index (χ0) is 20.8. The van der Waals surface area contributed by atoms with Crippen molar-refractivity contribution < 1.29 is 19.1 Å². The summed E-state index contributed by atoms with van der Waals surface area (Å²) in [5.74, 6) is 1.02. The Hall–Kier alpha value is -3.02. The fraction of sp³-hybridized carbons (Fsp3) is 0.391. The van der Waals surface area contributed by atoms with Crippen LogP contribution in [0.5, 0.6) is 5.75 Å². The van der Waals surface area contributed by atoms with E-state index in [-0.39, 0.29) is 11.8 Å². The van der Waals surface area contributed by atoms with Crippen LogP contribution in [-0.4, -0.2) is 31.8 Å². The molecule has 0 spiro atoms. The largest absolute Gasteiger partial charge is 0.493 e. The second-order valence-corrected chi connectivity index (χ2v) is 7.65. The number of hydrogen-bond donors (Lipinski definition) is 2. The lowest BCUT2D eigenvalue weighted by atomic mass is 10.0. The smallest absolute Gasteiger partial charge is 0.407 e. The van der Waals surface area contributed by atoms with Crippen LogP contribution in [0.3, 0.4) is 0 Å². The molecule has 0 aromatic heterocycles. The molecule has 1 heterocycles. The van der Waals surface area contributed by atoms with E-state index in [0.29, 0.717) is 13.0 Å². The second kappa shape index (κ2) is 9.45. The second-order valence-electron chi connectivity index (χ2n) is 7.65. The Kier molecular flexibility index (Phi) is 6.75. The highest BCUT2D eigenvalue weighted by Gasteiger charge is 2.22. The number of hydrogen-bond acceptors (Lipinski definition) is 4. The van der Waals surface area contributed by atoms with E-state index in [1.807, 2.05) is 32.0 Å². The number of nitrogens with one attached hydrogen (secondary N) is 2. The van der Waals surface area contributed by atoms with Crippen LogP contribution < -0.4 is 15.4 Å². The summed E-state index contributed by atoms with van der Waals surface area (Å²) in [6, 6.07) is 13.8. The Morgan fingerprint density at radius 1 is 1.10 bits per heavy atom. The third-order valence-electron chi connectivity index (χ3n) is 4.94. The van der Waals surface area contributed by atoms with E-state index >= 15 is 0 Å². The summed E-state index contributed by atoms with van der Waals surface area (Å²) in [6.07, 6.45) is 0.890. The van der Waals surface area contributed by atoms with Crippen LogP contribution in [0.15, 0.2) is 42.5 Å². The monoisotopic (exact) mass is 396 g/mol. The molecule has 0 saturated heterocycles. The molecule has 6 heteroatoms. The third-order valence-corrected chi connectivity index (χ3v) is 4.94. The van der Waals surface area contributed by atoms with Crippen molar-refractivity contribution in [3.8, 4) is 16.9 Å². The van der Waals surface area contributed by atoms with Gasteiger partial charge in [0.15, 0.2) is 0 Å². The van der Waals surface area contributed by atoms with E-state index in [1.54, 1.807) is 0 Å². The fourth-order valence-electron chi connectivity index (χ4n) is 3.40. The Balaban J connectivity index is 1.60. The summed E-state index contributed by atoms with van der Waals surface area (Å²) in [5.41, 5.74) is 4.52. The number of methoxy groups -OCH3 is 1. The summed E-state index contributed by atoms with van der Waals surface area (Å²) in [7, 11) is 1.29. The van der Waals surface area contributed by atoms with Crippen molar-refractivity contribution in [1.29, 1.82) is 0 Å². The maximum absolute atomic E-state index is 12.5. The van der Waals surface area contributed by atoms with Gasteiger partial charge in [-0.15, -0.1) is 0 Å². The highest BCUT2D eigenvalue weighted by molar-refractivity contribution is 5.85. The van der Waals surface area contributed by atoms with Crippen molar-refractivity contribution in [3.05, 3.63) is 53.6 Å². The molecule has 2 aromatic rings. The average Bonchev–Trinajstić information content (AvgIpc) is 3.19. The first-order valence-corrected chi connectivity index (χ1v) is 9.93. The first-order chi connectivity index (χ1) is 14.0. The molecule has 0 fully saturated rings. The van der Waals surface area contributed by atoms with Gasteiger partial charge in [0.25, 0.3) is 0 Å². The molecule has 0 saturated carbocycles. The number of amides is 2. The average molecular weight is 396 g/mol. The minimum Gasteiger partial charge on any atom is -0.493 e. The van der Waals surface area contributed by atoms with Crippen LogP contribution >= 0.6 is 0 Å². The maximum atomic E-state index is 12.5. The van der Waals surface area contributed by atoms with E-state index in [4.69, 9.17) is 4.74 Å². The lowest BCUT2D eigenvalue weighted by molar-refractivity contribution is -0.123. The van der Waals surface area contributed by atoms with E-state index in [9.17, 15) is 9.59 Å². The molecule has 154 valence electrons. The van der Waals surface area contributed by atoms with Gasteiger partial charge in [-0.05, 0) is 46.7 Å². The third kappa shape index (κ3) is 5.50. The fourth-order valence-corrected chi connectivity index (χ4v) is 3.40. The van der Waals surface area contributed by atoms with E-state index in [1.165, 1.54) is 12.7 Å². The Bertz CT molecular complexity index is 862. The standard InChI is InChI=1S/C23H28N2O4/c1-15(2)12-20(25-23(27)28-3)22(26)24-14-16-4-6-17(7-5-16)18-8-9-21-19(13-18)10-11-29-21/h4-9,13,15,20H,10-12,14H2,1-3H3,(H,24,26)(H,25,27). The number of carbonyl (C=O) groups is 2. The number of benzene rings is 2. The summed E-state index contributed by atoms with van der Waals surface area (Å²) in [6.45, 7) is 5.15. The van der Waals surface area contributed by atoms with E-state index in [0.717, 1.165) is 35.5 Å². The summed E-state index contributed by atoms with van der Waals surface area (Å²) < 4.78 is 10.2. The Morgan fingerprint density at radius 3 is 2.52 bits per heavy atom. The number of ether oxygens (including phenoxy) is 2. The van der Waals surface area contributed by atoms with Gasteiger partial charge in [-0.3, -0.25) is 4.79 Å². The number of carbonyl (C=O) groups excluding carboxylic acids is 2. The topological polar surface area (TPSA) is 76.7 Å². The molecule has 0 aliphatic carbocycles. The van der Waals surface area contributed by atoms with Crippen molar-refractivity contribution in [2.24, 2.45) is 5.92 Å². The Labute approximate surface area is 171 Å². The molecule has 1 unspecified atom stereocenters. The zero-order valence-corrected chi connectivity index (χ0v) is 17.2. The van der Waals surface area contributed by atoms with Crippen LogP contribution in [-0.2, 0) is 22.5 Å². The van der Waals surface area contributed by atoms with Gasteiger partial charge in [0.05, 0.1) is 13.7 Å². The SMILES string of the molecule is COC(=O)NC(CC(C)C)C(=O)NCc1ccc(-c2ccc3c(c2)CCO3)cc1. The predicted octanol–water partition coefficient (Wildman–Crippen LogP) is 3.68. The van der Waals surface area contributed by atoms with Gasteiger partial charge in [-0.1, -0.05) is 44.2 Å². The minimum atomic E-state index is -0.615. The normalized spacial score (nSPS) is 13.4. The van der Waals surface area contributed by atoms with Crippen LogP contribution in [0.25, 0.3) is 11.1 Å². The van der Waals surface area contributed by atoms with Crippen molar-refractivity contribution in [2.45, 2.75) is 39.3 Å². The summed E-state index contributed by atoms with van der Waals surface area (Å²) >= 11 is 0. The van der Waals surface area contributed by atoms with Crippen molar-refractivity contribution in [1.82, 2.24) is 10.6 Å². The molecular weight excluding hydrogens is 368 g/mol. The number of fused-ring (bicyclic) bond motifs is 1. The van der Waals surface area contributed by atoms with Gasteiger partial charge in [0.2, 0.25) is 5.91 Å².